The second-order valence-electron chi connectivity index (χ2n) is 4.82. The molecule has 3 aromatic rings. The number of hydrogen-bond donors (Lipinski definition) is 0. The van der Waals surface area contributed by atoms with Crippen LogP contribution in [0.15, 0.2) is 32.9 Å². The van der Waals surface area contributed by atoms with Crippen LogP contribution in [0.3, 0.4) is 0 Å². The van der Waals surface area contributed by atoms with Crippen LogP contribution in [-0.4, -0.2) is 14.9 Å². The Bertz CT molecular complexity index is 916. The Kier molecular flexibility index (Phi) is 3.61. The summed E-state index contributed by atoms with van der Waals surface area (Å²) < 4.78 is 6.53. The summed E-state index contributed by atoms with van der Waals surface area (Å²) in [5.74, 6) is 0.655. The average molecular weight is 312 g/mol. The van der Waals surface area contributed by atoms with E-state index in [2.05, 4.69) is 10.3 Å². The summed E-state index contributed by atoms with van der Waals surface area (Å²) in [6.45, 7) is 3.66. The number of nitrogens with zero attached hydrogens (tertiary/aromatic N) is 4. The number of nitriles is 1. The molecule has 0 N–H and O–H groups in total. The quantitative estimate of drug-likeness (QED) is 0.742. The Balaban J connectivity index is 1.96. The van der Waals surface area contributed by atoms with Crippen molar-refractivity contribution in [3.8, 4) is 16.7 Å². The van der Waals surface area contributed by atoms with Gasteiger partial charge in [0.1, 0.15) is 17.3 Å². The minimum Gasteiger partial charge on any atom is -0.355 e. The van der Waals surface area contributed by atoms with Crippen molar-refractivity contribution in [1.82, 2.24) is 14.9 Å². The number of rotatable bonds is 3. The Labute approximate surface area is 130 Å². The molecular weight excluding hydrogens is 300 g/mol. The molecule has 0 aliphatic heterocycles. The van der Waals surface area contributed by atoms with Crippen LogP contribution in [0.5, 0.6) is 0 Å². The van der Waals surface area contributed by atoms with Crippen LogP contribution in [0.25, 0.3) is 10.6 Å². The summed E-state index contributed by atoms with van der Waals surface area (Å²) in [5, 5.41) is 19.3. The molecule has 3 heterocycles. The maximum absolute atomic E-state index is 12.2. The van der Waals surface area contributed by atoms with Gasteiger partial charge in [-0.25, -0.2) is 4.68 Å². The van der Waals surface area contributed by atoms with Gasteiger partial charge in [0.05, 0.1) is 17.1 Å². The summed E-state index contributed by atoms with van der Waals surface area (Å²) in [5.41, 5.74) is 1.56. The van der Waals surface area contributed by atoms with Crippen molar-refractivity contribution < 1.29 is 4.52 Å². The second kappa shape index (κ2) is 5.58. The third-order valence-electron chi connectivity index (χ3n) is 3.38. The predicted octanol–water partition coefficient (Wildman–Crippen LogP) is 2.50. The fraction of sp³-hybridized carbons (Fsp3) is 0.200. The van der Waals surface area contributed by atoms with E-state index in [-0.39, 0.29) is 12.1 Å². The third kappa shape index (κ3) is 2.44. The highest BCUT2D eigenvalue weighted by Crippen LogP contribution is 2.25. The van der Waals surface area contributed by atoms with Crippen LogP contribution >= 0.6 is 11.3 Å². The first kappa shape index (κ1) is 14.2. The van der Waals surface area contributed by atoms with Crippen LogP contribution in [0.2, 0.25) is 0 Å². The Morgan fingerprint density at radius 2 is 2.27 bits per heavy atom. The van der Waals surface area contributed by atoms with Gasteiger partial charge < -0.3 is 4.52 Å². The predicted molar refractivity (Wildman–Crippen MR) is 81.6 cm³/mol. The molecule has 0 unspecified atom stereocenters. The lowest BCUT2D eigenvalue weighted by Crippen LogP contribution is -2.28. The van der Waals surface area contributed by atoms with Gasteiger partial charge in [-0.15, -0.1) is 11.3 Å². The van der Waals surface area contributed by atoms with E-state index in [0.717, 1.165) is 4.88 Å². The molecule has 0 fully saturated rings. The highest BCUT2D eigenvalue weighted by molar-refractivity contribution is 7.13. The van der Waals surface area contributed by atoms with Crippen LogP contribution in [0.1, 0.15) is 22.5 Å². The van der Waals surface area contributed by atoms with Crippen LogP contribution in [-0.2, 0) is 6.54 Å². The van der Waals surface area contributed by atoms with Gasteiger partial charge in [0, 0.05) is 6.07 Å². The highest BCUT2D eigenvalue weighted by Gasteiger charge is 2.14. The van der Waals surface area contributed by atoms with Crippen LogP contribution in [0, 0.1) is 25.2 Å². The van der Waals surface area contributed by atoms with Gasteiger partial charge in [0.15, 0.2) is 5.76 Å². The fourth-order valence-corrected chi connectivity index (χ4v) is 2.76. The molecule has 0 bridgehead atoms. The van der Waals surface area contributed by atoms with E-state index in [1.807, 2.05) is 23.6 Å². The van der Waals surface area contributed by atoms with Gasteiger partial charge in [0.2, 0.25) is 0 Å². The lowest BCUT2D eigenvalue weighted by Gasteiger charge is -2.06. The van der Waals surface area contributed by atoms with Crippen molar-refractivity contribution in [2.75, 3.05) is 0 Å². The SMILES string of the molecule is Cc1nn(Cc2cc(-c3cccs3)on2)c(=O)c(C#N)c1C. The molecular formula is C15H12N4O2S. The monoisotopic (exact) mass is 312 g/mol. The first-order valence-electron chi connectivity index (χ1n) is 6.58. The van der Waals surface area contributed by atoms with Crippen molar-refractivity contribution >= 4 is 11.3 Å². The van der Waals surface area contributed by atoms with E-state index >= 15 is 0 Å². The van der Waals surface area contributed by atoms with Gasteiger partial charge in [-0.3, -0.25) is 4.79 Å². The first-order chi connectivity index (χ1) is 10.6. The van der Waals surface area contributed by atoms with E-state index in [9.17, 15) is 4.79 Å². The summed E-state index contributed by atoms with van der Waals surface area (Å²) in [6, 6.07) is 7.58. The maximum atomic E-state index is 12.2. The zero-order valence-corrected chi connectivity index (χ0v) is 12.8. The summed E-state index contributed by atoms with van der Waals surface area (Å²) in [7, 11) is 0. The molecule has 0 saturated carbocycles. The Morgan fingerprint density at radius 3 is 2.95 bits per heavy atom. The van der Waals surface area contributed by atoms with E-state index in [1.165, 1.54) is 4.68 Å². The van der Waals surface area contributed by atoms with Crippen LogP contribution in [0.4, 0.5) is 0 Å². The normalized spacial score (nSPS) is 10.6. The van der Waals surface area contributed by atoms with Crippen LogP contribution < -0.4 is 5.56 Å². The molecule has 7 heteroatoms. The molecule has 22 heavy (non-hydrogen) atoms. The molecule has 0 aliphatic carbocycles. The van der Waals surface area contributed by atoms with E-state index < -0.39 is 5.56 Å². The molecule has 0 saturated heterocycles. The summed E-state index contributed by atoms with van der Waals surface area (Å²) >= 11 is 1.55. The first-order valence-corrected chi connectivity index (χ1v) is 7.46. The van der Waals surface area contributed by atoms with Crippen molar-refractivity contribution in [3.63, 3.8) is 0 Å². The molecule has 0 aliphatic rings. The van der Waals surface area contributed by atoms with E-state index in [0.29, 0.717) is 22.7 Å². The standard InChI is InChI=1S/C15H12N4O2S/c1-9-10(2)17-19(15(20)12(9)7-16)8-11-6-13(21-18-11)14-4-3-5-22-14/h3-6H,8H2,1-2H3. The van der Waals surface area contributed by atoms with E-state index in [1.54, 1.807) is 31.3 Å². The van der Waals surface area contributed by atoms with Crippen molar-refractivity contribution in [1.29, 1.82) is 5.26 Å². The Hall–Kier alpha value is -2.72. The van der Waals surface area contributed by atoms with Gasteiger partial charge in [-0.1, -0.05) is 11.2 Å². The summed E-state index contributed by atoms with van der Waals surface area (Å²) in [4.78, 5) is 13.2. The number of thiophene rings is 1. The Morgan fingerprint density at radius 1 is 1.45 bits per heavy atom. The highest BCUT2D eigenvalue weighted by atomic mass is 32.1. The zero-order chi connectivity index (χ0) is 15.7. The smallest absolute Gasteiger partial charge is 0.285 e. The largest absolute Gasteiger partial charge is 0.355 e. The van der Waals surface area contributed by atoms with Crippen molar-refractivity contribution in [3.05, 3.63) is 56.4 Å². The average Bonchev–Trinajstić information content (AvgIpc) is 3.16. The van der Waals surface area contributed by atoms with E-state index in [4.69, 9.17) is 9.78 Å². The topological polar surface area (TPSA) is 84.7 Å². The molecule has 3 rings (SSSR count). The summed E-state index contributed by atoms with van der Waals surface area (Å²) in [6.07, 6.45) is 0. The molecule has 0 atom stereocenters. The molecule has 0 aromatic carbocycles. The molecule has 0 radical (unpaired) electrons. The molecule has 110 valence electrons. The van der Waals surface area contributed by atoms with Crippen molar-refractivity contribution in [2.24, 2.45) is 0 Å². The lowest BCUT2D eigenvalue weighted by molar-refractivity contribution is 0.418. The maximum Gasteiger partial charge on any atom is 0.285 e. The minimum atomic E-state index is -0.411. The lowest BCUT2D eigenvalue weighted by atomic mass is 10.1. The third-order valence-corrected chi connectivity index (χ3v) is 4.27. The second-order valence-corrected chi connectivity index (χ2v) is 5.77. The molecule has 3 aromatic heterocycles. The minimum absolute atomic E-state index is 0.120. The van der Waals surface area contributed by atoms with Gasteiger partial charge in [0.25, 0.3) is 5.56 Å². The zero-order valence-electron chi connectivity index (χ0n) is 12.0. The van der Waals surface area contributed by atoms with Gasteiger partial charge in [-0.05, 0) is 30.9 Å². The number of aromatic nitrogens is 3. The van der Waals surface area contributed by atoms with Crippen molar-refractivity contribution in [2.45, 2.75) is 20.4 Å². The number of hydrogen-bond acceptors (Lipinski definition) is 6. The number of aryl methyl sites for hydroxylation is 1. The molecule has 6 nitrogen and oxygen atoms in total. The van der Waals surface area contributed by atoms with Gasteiger partial charge >= 0.3 is 0 Å². The molecule has 0 spiro atoms. The fourth-order valence-electron chi connectivity index (χ4n) is 2.09. The van der Waals surface area contributed by atoms with Gasteiger partial charge in [-0.2, -0.15) is 10.4 Å². The molecule has 0 amide bonds.